The van der Waals surface area contributed by atoms with Gasteiger partial charge in [-0.15, -0.1) is 0 Å². The Morgan fingerprint density at radius 3 is 2.28 bits per heavy atom. The van der Waals surface area contributed by atoms with E-state index in [-0.39, 0.29) is 22.7 Å². The summed E-state index contributed by atoms with van der Waals surface area (Å²) in [5.74, 6) is -0.489. The lowest BCUT2D eigenvalue weighted by Crippen LogP contribution is -2.36. The Balaban J connectivity index is 2.00. The standard InChI is InChI=1S/C23H23N3O6/c1-31-18-11-15-16(12-19(18)32-2)22(28)26(20-10-14(23(29)30)6-7-24-20)13-17(15)21(27)25-8-4-3-5-9-25/h6-7,10-13H,3-5,8-9H2,1-2H3,(H,29,30). The number of hydrogen-bond acceptors (Lipinski definition) is 6. The molecule has 3 aromatic rings. The Morgan fingerprint density at radius 1 is 1.00 bits per heavy atom. The van der Waals surface area contributed by atoms with E-state index < -0.39 is 11.5 Å². The van der Waals surface area contributed by atoms with E-state index in [0.29, 0.717) is 35.5 Å². The molecule has 1 aliphatic heterocycles. The summed E-state index contributed by atoms with van der Waals surface area (Å²) in [6.45, 7) is 1.28. The number of amides is 1. The number of fused-ring (bicyclic) bond motifs is 1. The highest BCUT2D eigenvalue weighted by atomic mass is 16.5. The number of hydrogen-bond donors (Lipinski definition) is 1. The van der Waals surface area contributed by atoms with Gasteiger partial charge < -0.3 is 19.5 Å². The van der Waals surface area contributed by atoms with E-state index in [1.165, 1.54) is 49.4 Å². The first kappa shape index (κ1) is 21.4. The number of nitrogens with zero attached hydrogens (tertiary/aromatic N) is 3. The van der Waals surface area contributed by atoms with Crippen LogP contribution in [0.25, 0.3) is 16.6 Å². The number of likely N-dealkylation sites (tertiary alicyclic amines) is 1. The smallest absolute Gasteiger partial charge is 0.335 e. The lowest BCUT2D eigenvalue weighted by atomic mass is 10.0. The number of aromatic nitrogens is 2. The van der Waals surface area contributed by atoms with Crippen molar-refractivity contribution in [1.29, 1.82) is 0 Å². The normalized spacial score (nSPS) is 13.8. The molecule has 1 aromatic carbocycles. The van der Waals surface area contributed by atoms with Crippen molar-refractivity contribution in [2.24, 2.45) is 0 Å². The van der Waals surface area contributed by atoms with Gasteiger partial charge in [0.1, 0.15) is 5.82 Å². The van der Waals surface area contributed by atoms with Crippen molar-refractivity contribution in [2.45, 2.75) is 19.3 Å². The number of pyridine rings is 2. The Bertz CT molecular complexity index is 1260. The van der Waals surface area contributed by atoms with Crippen molar-refractivity contribution >= 4 is 22.6 Å². The maximum Gasteiger partial charge on any atom is 0.335 e. The fourth-order valence-corrected chi connectivity index (χ4v) is 3.96. The minimum atomic E-state index is -1.14. The molecule has 4 rings (SSSR count). The molecule has 0 spiro atoms. The summed E-state index contributed by atoms with van der Waals surface area (Å²) in [6.07, 6.45) is 5.66. The number of aromatic carboxylic acids is 1. The van der Waals surface area contributed by atoms with Crippen LogP contribution in [0.3, 0.4) is 0 Å². The van der Waals surface area contributed by atoms with Gasteiger partial charge in [-0.3, -0.25) is 14.2 Å². The molecule has 0 bridgehead atoms. The van der Waals surface area contributed by atoms with Crippen LogP contribution in [-0.2, 0) is 0 Å². The molecule has 0 atom stereocenters. The van der Waals surface area contributed by atoms with Gasteiger partial charge in [-0.25, -0.2) is 9.78 Å². The van der Waals surface area contributed by atoms with E-state index >= 15 is 0 Å². The Morgan fingerprint density at radius 2 is 1.66 bits per heavy atom. The summed E-state index contributed by atoms with van der Waals surface area (Å²) in [4.78, 5) is 44.2. The molecule has 1 amide bonds. The molecule has 9 nitrogen and oxygen atoms in total. The van der Waals surface area contributed by atoms with Crippen LogP contribution >= 0.6 is 0 Å². The summed E-state index contributed by atoms with van der Waals surface area (Å²) >= 11 is 0. The molecule has 0 radical (unpaired) electrons. The van der Waals surface area contributed by atoms with Crippen molar-refractivity contribution < 1.29 is 24.2 Å². The number of ether oxygens (including phenoxy) is 2. The molecular weight excluding hydrogens is 414 g/mol. The molecule has 0 saturated carbocycles. The lowest BCUT2D eigenvalue weighted by Gasteiger charge is -2.27. The first-order valence-corrected chi connectivity index (χ1v) is 10.2. The predicted octanol–water partition coefficient (Wildman–Crippen LogP) is 2.73. The molecule has 32 heavy (non-hydrogen) atoms. The molecule has 1 saturated heterocycles. The summed E-state index contributed by atoms with van der Waals surface area (Å²) < 4.78 is 11.9. The van der Waals surface area contributed by atoms with E-state index in [2.05, 4.69) is 4.98 Å². The predicted molar refractivity (Wildman–Crippen MR) is 117 cm³/mol. The van der Waals surface area contributed by atoms with E-state index in [9.17, 15) is 19.5 Å². The van der Waals surface area contributed by atoms with Crippen LogP contribution in [0.1, 0.15) is 40.0 Å². The second kappa shape index (κ2) is 8.70. The van der Waals surface area contributed by atoms with Gasteiger partial charge in [0.2, 0.25) is 0 Å². The molecule has 3 heterocycles. The minimum Gasteiger partial charge on any atom is -0.493 e. The highest BCUT2D eigenvalue weighted by Crippen LogP contribution is 2.33. The fourth-order valence-electron chi connectivity index (χ4n) is 3.96. The summed E-state index contributed by atoms with van der Waals surface area (Å²) in [5, 5.41) is 10.0. The maximum atomic E-state index is 13.5. The van der Waals surface area contributed by atoms with Crippen molar-refractivity contribution in [3.05, 3.63) is 58.1 Å². The number of carbonyl (C=O) groups excluding carboxylic acids is 1. The Hall–Kier alpha value is -3.88. The molecule has 1 N–H and O–H groups in total. The largest absolute Gasteiger partial charge is 0.493 e. The van der Waals surface area contributed by atoms with Gasteiger partial charge in [-0.05, 0) is 43.5 Å². The van der Waals surface area contributed by atoms with Crippen LogP contribution < -0.4 is 15.0 Å². The molecular formula is C23H23N3O6. The molecule has 1 fully saturated rings. The summed E-state index contributed by atoms with van der Waals surface area (Å²) in [6, 6.07) is 5.79. The van der Waals surface area contributed by atoms with Gasteiger partial charge in [0.15, 0.2) is 11.5 Å². The number of carboxylic acids is 1. The van der Waals surface area contributed by atoms with E-state index in [0.717, 1.165) is 19.3 Å². The molecule has 1 aliphatic rings. The summed E-state index contributed by atoms with van der Waals surface area (Å²) in [5.41, 5.74) is -0.158. The highest BCUT2D eigenvalue weighted by molar-refractivity contribution is 6.07. The minimum absolute atomic E-state index is 0.0155. The van der Waals surface area contributed by atoms with Gasteiger partial charge in [-0.1, -0.05) is 0 Å². The number of methoxy groups -OCH3 is 2. The van der Waals surface area contributed by atoms with Crippen LogP contribution in [0.15, 0.2) is 41.5 Å². The molecule has 166 valence electrons. The maximum absolute atomic E-state index is 13.5. The summed E-state index contributed by atoms with van der Waals surface area (Å²) in [7, 11) is 2.95. The van der Waals surface area contributed by atoms with Crippen LogP contribution in [0, 0.1) is 0 Å². The average Bonchev–Trinajstić information content (AvgIpc) is 2.83. The third-order valence-corrected chi connectivity index (χ3v) is 5.63. The quantitative estimate of drug-likeness (QED) is 0.653. The second-order valence-electron chi connectivity index (χ2n) is 7.53. The van der Waals surface area contributed by atoms with Gasteiger partial charge in [0.05, 0.1) is 30.7 Å². The third-order valence-electron chi connectivity index (χ3n) is 5.63. The fraction of sp³-hybridized carbons (Fsp3) is 0.304. The van der Waals surface area contributed by atoms with Crippen LogP contribution in [-0.4, -0.2) is 58.7 Å². The van der Waals surface area contributed by atoms with Crippen LogP contribution in [0.5, 0.6) is 11.5 Å². The van der Waals surface area contributed by atoms with Gasteiger partial charge in [-0.2, -0.15) is 0 Å². The van der Waals surface area contributed by atoms with Gasteiger partial charge in [0.25, 0.3) is 11.5 Å². The number of rotatable bonds is 5. The van der Waals surface area contributed by atoms with Crippen LogP contribution in [0.4, 0.5) is 0 Å². The number of piperidine rings is 1. The monoisotopic (exact) mass is 437 g/mol. The van der Waals surface area contributed by atoms with Crippen LogP contribution in [0.2, 0.25) is 0 Å². The first-order valence-electron chi connectivity index (χ1n) is 10.2. The SMILES string of the molecule is COc1cc2c(C(=O)N3CCCCC3)cn(-c3cc(C(=O)O)ccn3)c(=O)c2cc1OC. The lowest BCUT2D eigenvalue weighted by molar-refractivity contribution is 0.0694. The third kappa shape index (κ3) is 3.77. The van der Waals surface area contributed by atoms with E-state index in [4.69, 9.17) is 9.47 Å². The van der Waals surface area contributed by atoms with Crippen molar-refractivity contribution in [2.75, 3.05) is 27.3 Å². The van der Waals surface area contributed by atoms with E-state index in [1.807, 2.05) is 0 Å². The number of carboxylic acid groups (broad SMARTS) is 1. The number of carbonyl (C=O) groups is 2. The Labute approximate surface area is 183 Å². The number of benzene rings is 1. The average molecular weight is 437 g/mol. The van der Waals surface area contributed by atoms with Crippen molar-refractivity contribution in [3.8, 4) is 17.3 Å². The molecule has 2 aromatic heterocycles. The van der Waals surface area contributed by atoms with Gasteiger partial charge >= 0.3 is 5.97 Å². The second-order valence-corrected chi connectivity index (χ2v) is 7.53. The zero-order valence-electron chi connectivity index (χ0n) is 17.8. The topological polar surface area (TPSA) is 111 Å². The Kier molecular flexibility index (Phi) is 5.81. The highest BCUT2D eigenvalue weighted by Gasteiger charge is 2.24. The first-order chi connectivity index (χ1) is 15.4. The van der Waals surface area contributed by atoms with E-state index in [1.54, 1.807) is 11.0 Å². The molecule has 0 aliphatic carbocycles. The zero-order chi connectivity index (χ0) is 22.8. The molecule has 0 unspecified atom stereocenters. The molecule has 9 heteroatoms. The van der Waals surface area contributed by atoms with Crippen molar-refractivity contribution in [1.82, 2.24) is 14.5 Å². The zero-order valence-corrected chi connectivity index (χ0v) is 17.8. The van der Waals surface area contributed by atoms with Gasteiger partial charge in [0, 0.05) is 30.9 Å². The van der Waals surface area contributed by atoms with Crippen molar-refractivity contribution in [3.63, 3.8) is 0 Å².